The van der Waals surface area contributed by atoms with Gasteiger partial charge in [-0.1, -0.05) is 6.07 Å². The lowest BCUT2D eigenvalue weighted by Gasteiger charge is -2.20. The monoisotopic (exact) mass is 377 g/mol. The third-order valence-electron chi connectivity index (χ3n) is 3.08. The van der Waals surface area contributed by atoms with Crippen molar-refractivity contribution in [2.24, 2.45) is 4.99 Å². The summed E-state index contributed by atoms with van der Waals surface area (Å²) in [7, 11) is -2.99. The second kappa shape index (κ2) is 9.97. The number of rotatable bonds is 10. The summed E-state index contributed by atoms with van der Waals surface area (Å²) in [6.07, 6.45) is 1.18. The Kier molecular flexibility index (Phi) is 8.68. The fourth-order valence-electron chi connectivity index (χ4n) is 1.79. The van der Waals surface area contributed by atoms with Crippen molar-refractivity contribution in [1.29, 1.82) is 0 Å². The lowest BCUT2D eigenvalue weighted by Crippen LogP contribution is -2.40. The van der Waals surface area contributed by atoms with Crippen LogP contribution in [0.2, 0.25) is 0 Å². The number of nitrogens with one attached hydrogen (secondary N) is 2. The molecule has 1 heterocycles. The molecular weight excluding hydrogens is 350 g/mol. The second-order valence-corrected chi connectivity index (χ2v) is 8.82. The molecule has 24 heavy (non-hydrogen) atoms. The minimum atomic E-state index is -2.99. The van der Waals surface area contributed by atoms with Gasteiger partial charge in [0.2, 0.25) is 0 Å². The van der Waals surface area contributed by atoms with Crippen molar-refractivity contribution in [3.05, 3.63) is 22.4 Å². The summed E-state index contributed by atoms with van der Waals surface area (Å²) in [5.41, 5.74) is -1.01. The molecule has 0 saturated carbocycles. The molecule has 0 fully saturated rings. The zero-order valence-corrected chi connectivity index (χ0v) is 16.0. The van der Waals surface area contributed by atoms with Crippen molar-refractivity contribution >= 4 is 27.1 Å². The summed E-state index contributed by atoms with van der Waals surface area (Å²) in [6.45, 7) is 5.68. The summed E-state index contributed by atoms with van der Waals surface area (Å²) in [5.74, 6) is 0.603. The fourth-order valence-corrected chi connectivity index (χ4v) is 2.99. The topological polar surface area (TPSA) is 100 Å². The maximum Gasteiger partial charge on any atom is 0.191 e. The fraction of sp³-hybridized carbons (Fsp3) is 0.667. The zero-order chi connectivity index (χ0) is 18.1. The van der Waals surface area contributed by atoms with Crippen LogP contribution in [0, 0.1) is 0 Å². The largest absolute Gasteiger partial charge is 0.383 e. The molecule has 0 spiro atoms. The van der Waals surface area contributed by atoms with Gasteiger partial charge in [0.25, 0.3) is 0 Å². The average Bonchev–Trinajstić information content (AvgIpc) is 3.02. The van der Waals surface area contributed by atoms with E-state index < -0.39 is 15.4 Å². The van der Waals surface area contributed by atoms with Crippen LogP contribution >= 0.6 is 11.3 Å². The van der Waals surface area contributed by atoms with Gasteiger partial charge in [0.15, 0.2) is 5.96 Å². The molecular formula is C15H27N3O4S2. The van der Waals surface area contributed by atoms with E-state index in [9.17, 15) is 13.5 Å². The third kappa shape index (κ3) is 8.62. The maximum atomic E-state index is 11.0. The van der Waals surface area contributed by atoms with E-state index in [2.05, 4.69) is 15.6 Å². The summed E-state index contributed by atoms with van der Waals surface area (Å²) >= 11 is 1.49. The Balaban J connectivity index is 2.40. The van der Waals surface area contributed by atoms with Gasteiger partial charge in [-0.25, -0.2) is 13.4 Å². The second-order valence-electron chi connectivity index (χ2n) is 5.62. The Bertz CT molecular complexity index is 598. The zero-order valence-electron chi connectivity index (χ0n) is 14.4. The molecule has 0 radical (unpaired) electrons. The van der Waals surface area contributed by atoms with Gasteiger partial charge in [-0.3, -0.25) is 0 Å². The summed E-state index contributed by atoms with van der Waals surface area (Å²) in [4.78, 5) is 5.26. The van der Waals surface area contributed by atoms with Crippen molar-refractivity contribution in [1.82, 2.24) is 10.6 Å². The number of guanidine groups is 1. The molecule has 1 aromatic rings. The molecule has 0 saturated heterocycles. The Morgan fingerprint density at radius 3 is 2.75 bits per heavy atom. The molecule has 0 aromatic carbocycles. The van der Waals surface area contributed by atoms with Crippen LogP contribution in [0.1, 0.15) is 18.7 Å². The van der Waals surface area contributed by atoms with Crippen molar-refractivity contribution in [3.8, 4) is 0 Å². The molecule has 0 aliphatic heterocycles. The minimum Gasteiger partial charge on any atom is -0.383 e. The quantitative estimate of drug-likeness (QED) is 0.313. The number of aliphatic hydroxyl groups is 1. The van der Waals surface area contributed by atoms with Crippen LogP contribution < -0.4 is 10.6 Å². The van der Waals surface area contributed by atoms with E-state index in [1.54, 1.807) is 6.92 Å². The van der Waals surface area contributed by atoms with E-state index in [4.69, 9.17) is 4.74 Å². The number of hydrogen-bond acceptors (Lipinski definition) is 6. The van der Waals surface area contributed by atoms with Gasteiger partial charge in [-0.05, 0) is 25.3 Å². The lowest BCUT2D eigenvalue weighted by molar-refractivity contribution is 0.0711. The van der Waals surface area contributed by atoms with Gasteiger partial charge in [0.05, 0.1) is 25.5 Å². The first-order chi connectivity index (χ1) is 11.2. The first-order valence-electron chi connectivity index (χ1n) is 7.78. The van der Waals surface area contributed by atoms with Crippen LogP contribution in [0.3, 0.4) is 0 Å². The highest BCUT2D eigenvalue weighted by Crippen LogP contribution is 2.25. The van der Waals surface area contributed by atoms with E-state index in [1.165, 1.54) is 17.6 Å². The first-order valence-corrected chi connectivity index (χ1v) is 10.7. The minimum absolute atomic E-state index is 0.0187. The van der Waals surface area contributed by atoms with Gasteiger partial charge in [0, 0.05) is 24.2 Å². The van der Waals surface area contributed by atoms with E-state index >= 15 is 0 Å². The van der Waals surface area contributed by atoms with Gasteiger partial charge < -0.3 is 20.5 Å². The molecule has 0 amide bonds. The summed E-state index contributed by atoms with van der Waals surface area (Å²) in [5, 5.41) is 18.6. The normalized spacial score (nSPS) is 15.1. The number of thiophene rings is 1. The summed E-state index contributed by atoms with van der Waals surface area (Å²) < 4.78 is 27.2. The first kappa shape index (κ1) is 20.9. The average molecular weight is 378 g/mol. The number of hydrogen-bond donors (Lipinski definition) is 3. The van der Waals surface area contributed by atoms with E-state index in [1.807, 2.05) is 24.4 Å². The lowest BCUT2D eigenvalue weighted by atomic mass is 10.1. The smallest absolute Gasteiger partial charge is 0.191 e. The molecule has 1 unspecified atom stereocenters. The van der Waals surface area contributed by atoms with E-state index in [0.717, 1.165) is 4.88 Å². The standard InChI is InChI=1S/C15H27N3O4S2/c1-4-16-14(17-7-8-22-9-11-24(3,20)21)18-12-15(2,19)13-6-5-10-23-13/h5-6,10,19H,4,7-9,11-12H2,1-3H3,(H2,16,17,18). The highest BCUT2D eigenvalue weighted by Gasteiger charge is 2.23. The van der Waals surface area contributed by atoms with Crippen LogP contribution in [0.5, 0.6) is 0 Å². The van der Waals surface area contributed by atoms with Gasteiger partial charge >= 0.3 is 0 Å². The molecule has 138 valence electrons. The Morgan fingerprint density at radius 2 is 2.17 bits per heavy atom. The van der Waals surface area contributed by atoms with Crippen LogP contribution in [-0.2, 0) is 20.2 Å². The van der Waals surface area contributed by atoms with E-state index in [0.29, 0.717) is 25.7 Å². The van der Waals surface area contributed by atoms with Crippen LogP contribution in [-0.4, -0.2) is 64.3 Å². The maximum absolute atomic E-state index is 11.0. The van der Waals surface area contributed by atoms with Crippen molar-refractivity contribution in [2.75, 3.05) is 44.9 Å². The van der Waals surface area contributed by atoms with Gasteiger partial charge in [0.1, 0.15) is 15.4 Å². The molecule has 1 atom stereocenters. The molecule has 0 aliphatic rings. The van der Waals surface area contributed by atoms with Crippen LogP contribution in [0.4, 0.5) is 0 Å². The summed E-state index contributed by atoms with van der Waals surface area (Å²) in [6, 6.07) is 3.78. The van der Waals surface area contributed by atoms with Crippen molar-refractivity contribution < 1.29 is 18.3 Å². The number of ether oxygens (including phenoxy) is 1. The molecule has 9 heteroatoms. The van der Waals surface area contributed by atoms with Crippen molar-refractivity contribution in [2.45, 2.75) is 19.4 Å². The number of aliphatic imine (C=N–C) groups is 1. The number of sulfone groups is 1. The predicted molar refractivity (Wildman–Crippen MR) is 98.4 cm³/mol. The molecule has 0 bridgehead atoms. The molecule has 0 aliphatic carbocycles. The molecule has 3 N–H and O–H groups in total. The molecule has 7 nitrogen and oxygen atoms in total. The predicted octanol–water partition coefficient (Wildman–Crippen LogP) is 0.572. The number of nitrogens with zero attached hydrogens (tertiary/aromatic N) is 1. The molecule has 1 rings (SSSR count). The SMILES string of the molecule is CCNC(=NCC(C)(O)c1cccs1)NCCOCCS(C)(=O)=O. The van der Waals surface area contributed by atoms with Crippen molar-refractivity contribution in [3.63, 3.8) is 0 Å². The Labute approximate surface area is 148 Å². The van der Waals surface area contributed by atoms with Crippen LogP contribution in [0.25, 0.3) is 0 Å². The van der Waals surface area contributed by atoms with Gasteiger partial charge in [-0.15, -0.1) is 11.3 Å². The third-order valence-corrected chi connectivity index (χ3v) is 5.11. The van der Waals surface area contributed by atoms with E-state index in [-0.39, 0.29) is 18.9 Å². The Hall–Kier alpha value is -1.16. The highest BCUT2D eigenvalue weighted by atomic mass is 32.2. The highest BCUT2D eigenvalue weighted by molar-refractivity contribution is 7.90. The van der Waals surface area contributed by atoms with Gasteiger partial charge in [-0.2, -0.15) is 0 Å². The molecule has 1 aromatic heterocycles. The Morgan fingerprint density at radius 1 is 1.42 bits per heavy atom. The van der Waals surface area contributed by atoms with Crippen LogP contribution in [0.15, 0.2) is 22.5 Å².